The Morgan fingerprint density at radius 2 is 2.10 bits per heavy atom. The number of carbonyl (C=O) groups excluding carboxylic acids is 2. The molecule has 0 bridgehead atoms. The SMILES string of the molecule is CCC1Oc2ncc(CN3CCN(c4ccc(C(=O)NC)nc4F)CC3)cc2NC1=O. The molecule has 4 rings (SSSR count). The molecule has 0 saturated carbocycles. The summed E-state index contributed by atoms with van der Waals surface area (Å²) in [6, 6.07) is 5.02. The monoisotopic (exact) mass is 428 g/mol. The van der Waals surface area contributed by atoms with E-state index in [2.05, 4.69) is 25.5 Å². The topological polar surface area (TPSA) is 99.7 Å². The van der Waals surface area contributed by atoms with Crippen molar-refractivity contribution in [3.05, 3.63) is 41.6 Å². The molecule has 9 nitrogen and oxygen atoms in total. The van der Waals surface area contributed by atoms with Crippen molar-refractivity contribution in [2.75, 3.05) is 43.4 Å². The second kappa shape index (κ2) is 8.84. The third kappa shape index (κ3) is 4.43. The minimum atomic E-state index is -0.644. The largest absolute Gasteiger partial charge is 0.463 e. The van der Waals surface area contributed by atoms with Crippen LogP contribution in [0.5, 0.6) is 5.88 Å². The van der Waals surface area contributed by atoms with Crippen LogP contribution in [0.25, 0.3) is 0 Å². The first-order valence-electron chi connectivity index (χ1n) is 10.3. The van der Waals surface area contributed by atoms with Gasteiger partial charge < -0.3 is 20.3 Å². The lowest BCUT2D eigenvalue weighted by molar-refractivity contribution is -0.123. The standard InChI is InChI=1S/C21H25FN6O3/c1-3-17-20(30)26-15-10-13(11-24-21(15)31-17)12-27-6-8-28(9-7-27)16-5-4-14(19(29)23-2)25-18(16)22/h4-5,10-11,17H,3,6-9,12H2,1-2H3,(H,23,29)(H,26,30). The van der Waals surface area contributed by atoms with Gasteiger partial charge in [0.15, 0.2) is 6.10 Å². The Morgan fingerprint density at radius 3 is 2.77 bits per heavy atom. The van der Waals surface area contributed by atoms with Gasteiger partial charge in [0.25, 0.3) is 11.8 Å². The summed E-state index contributed by atoms with van der Waals surface area (Å²) in [5, 5.41) is 5.30. The smallest absolute Gasteiger partial charge is 0.269 e. The highest BCUT2D eigenvalue weighted by molar-refractivity contribution is 5.97. The molecule has 0 radical (unpaired) electrons. The summed E-state index contributed by atoms with van der Waals surface area (Å²) in [5.41, 5.74) is 2.01. The van der Waals surface area contributed by atoms with Crippen molar-refractivity contribution in [3.8, 4) is 5.88 Å². The molecule has 0 aliphatic carbocycles. The molecule has 0 aromatic carbocycles. The van der Waals surface area contributed by atoms with Gasteiger partial charge in [-0.15, -0.1) is 0 Å². The summed E-state index contributed by atoms with van der Waals surface area (Å²) < 4.78 is 20.1. The van der Waals surface area contributed by atoms with Gasteiger partial charge in [0.1, 0.15) is 11.4 Å². The van der Waals surface area contributed by atoms with Gasteiger partial charge in [-0.1, -0.05) is 6.92 Å². The Morgan fingerprint density at radius 1 is 1.32 bits per heavy atom. The summed E-state index contributed by atoms with van der Waals surface area (Å²) in [6.07, 6.45) is 1.85. The Hall–Kier alpha value is -3.27. The Labute approximate surface area is 179 Å². The molecule has 1 fully saturated rings. The lowest BCUT2D eigenvalue weighted by Crippen LogP contribution is -2.46. The summed E-state index contributed by atoms with van der Waals surface area (Å²) >= 11 is 0. The Bertz CT molecular complexity index is 993. The lowest BCUT2D eigenvalue weighted by atomic mass is 10.1. The quantitative estimate of drug-likeness (QED) is 0.695. The van der Waals surface area contributed by atoms with Crippen LogP contribution >= 0.6 is 0 Å². The zero-order valence-corrected chi connectivity index (χ0v) is 17.5. The molecule has 4 heterocycles. The fourth-order valence-corrected chi connectivity index (χ4v) is 3.76. The number of hydrogen-bond acceptors (Lipinski definition) is 7. The van der Waals surface area contributed by atoms with E-state index in [4.69, 9.17) is 4.74 Å². The zero-order valence-electron chi connectivity index (χ0n) is 17.5. The van der Waals surface area contributed by atoms with Crippen LogP contribution in [0.2, 0.25) is 0 Å². The van der Waals surface area contributed by atoms with Crippen molar-refractivity contribution < 1.29 is 18.7 Å². The number of carbonyl (C=O) groups is 2. The number of halogens is 1. The molecule has 1 unspecified atom stereocenters. The van der Waals surface area contributed by atoms with Crippen LogP contribution in [0.4, 0.5) is 15.8 Å². The molecule has 31 heavy (non-hydrogen) atoms. The molecule has 2 aliphatic rings. The molecule has 2 aromatic rings. The summed E-state index contributed by atoms with van der Waals surface area (Å²) in [7, 11) is 1.48. The van der Waals surface area contributed by atoms with Gasteiger partial charge in [-0.05, 0) is 30.2 Å². The van der Waals surface area contributed by atoms with Gasteiger partial charge in [-0.25, -0.2) is 9.97 Å². The second-order valence-corrected chi connectivity index (χ2v) is 7.55. The van der Waals surface area contributed by atoms with E-state index >= 15 is 0 Å². The van der Waals surface area contributed by atoms with E-state index in [9.17, 15) is 14.0 Å². The molecule has 2 aromatic heterocycles. The maximum Gasteiger partial charge on any atom is 0.269 e. The van der Waals surface area contributed by atoms with Crippen molar-refractivity contribution in [2.45, 2.75) is 26.0 Å². The van der Waals surface area contributed by atoms with Gasteiger partial charge in [0.2, 0.25) is 11.8 Å². The predicted octanol–water partition coefficient (Wildman–Crippen LogP) is 1.41. The zero-order chi connectivity index (χ0) is 22.0. The van der Waals surface area contributed by atoms with Crippen molar-refractivity contribution in [1.29, 1.82) is 0 Å². The molecule has 1 atom stereocenters. The molecule has 164 valence electrons. The van der Waals surface area contributed by atoms with Crippen LogP contribution in [-0.4, -0.2) is 66.0 Å². The van der Waals surface area contributed by atoms with Gasteiger partial charge >= 0.3 is 0 Å². The number of anilines is 2. The normalized spacial score (nSPS) is 18.7. The van der Waals surface area contributed by atoms with Crippen LogP contribution < -0.4 is 20.3 Å². The van der Waals surface area contributed by atoms with Crippen molar-refractivity contribution in [3.63, 3.8) is 0 Å². The number of aromatic nitrogens is 2. The van der Waals surface area contributed by atoms with Crippen LogP contribution in [0.3, 0.4) is 0 Å². The molecule has 10 heteroatoms. The predicted molar refractivity (Wildman–Crippen MR) is 113 cm³/mol. The number of ether oxygens (including phenoxy) is 1. The average Bonchev–Trinajstić information content (AvgIpc) is 2.78. The highest BCUT2D eigenvalue weighted by atomic mass is 19.1. The van der Waals surface area contributed by atoms with Crippen molar-refractivity contribution in [1.82, 2.24) is 20.2 Å². The average molecular weight is 428 g/mol. The Kier molecular flexibility index (Phi) is 5.99. The number of nitrogens with zero attached hydrogens (tertiary/aromatic N) is 4. The van der Waals surface area contributed by atoms with Crippen LogP contribution in [0.15, 0.2) is 24.4 Å². The first-order valence-corrected chi connectivity index (χ1v) is 10.3. The highest BCUT2D eigenvalue weighted by Crippen LogP contribution is 2.29. The third-order valence-corrected chi connectivity index (χ3v) is 5.49. The van der Waals surface area contributed by atoms with Crippen LogP contribution in [-0.2, 0) is 11.3 Å². The maximum atomic E-state index is 14.4. The van der Waals surface area contributed by atoms with E-state index in [1.54, 1.807) is 12.3 Å². The number of pyridine rings is 2. The van der Waals surface area contributed by atoms with E-state index in [-0.39, 0.29) is 11.6 Å². The van der Waals surface area contributed by atoms with Gasteiger partial charge in [-0.2, -0.15) is 4.39 Å². The van der Waals surface area contributed by atoms with Gasteiger partial charge in [-0.3, -0.25) is 14.5 Å². The molecule has 2 aliphatic heterocycles. The molecule has 2 N–H and O–H groups in total. The Balaban J connectivity index is 1.36. The maximum absolute atomic E-state index is 14.4. The summed E-state index contributed by atoms with van der Waals surface area (Å²) in [4.78, 5) is 35.9. The van der Waals surface area contributed by atoms with E-state index in [0.29, 0.717) is 43.3 Å². The van der Waals surface area contributed by atoms with E-state index in [0.717, 1.165) is 18.7 Å². The summed E-state index contributed by atoms with van der Waals surface area (Å²) in [6.45, 7) is 5.28. The first-order chi connectivity index (χ1) is 15.0. The van der Waals surface area contributed by atoms with Crippen molar-refractivity contribution >= 4 is 23.2 Å². The second-order valence-electron chi connectivity index (χ2n) is 7.55. The number of piperazine rings is 1. The number of fused-ring (bicyclic) bond motifs is 1. The fourth-order valence-electron chi connectivity index (χ4n) is 3.76. The number of rotatable bonds is 5. The number of amides is 2. The minimum absolute atomic E-state index is 0.0589. The van der Waals surface area contributed by atoms with E-state index < -0.39 is 18.0 Å². The highest BCUT2D eigenvalue weighted by Gasteiger charge is 2.27. The molecular formula is C21H25FN6O3. The molecule has 2 amide bonds. The molecule has 0 spiro atoms. The lowest BCUT2D eigenvalue weighted by Gasteiger charge is -2.36. The minimum Gasteiger partial charge on any atom is -0.463 e. The first kappa shape index (κ1) is 21.0. The van der Waals surface area contributed by atoms with E-state index in [1.807, 2.05) is 17.9 Å². The van der Waals surface area contributed by atoms with Gasteiger partial charge in [0, 0.05) is 46.0 Å². The number of nitrogens with one attached hydrogen (secondary N) is 2. The third-order valence-electron chi connectivity index (χ3n) is 5.49. The summed E-state index contributed by atoms with van der Waals surface area (Å²) in [5.74, 6) is -0.765. The molecular weight excluding hydrogens is 403 g/mol. The number of hydrogen-bond donors (Lipinski definition) is 2. The molecule has 1 saturated heterocycles. The van der Waals surface area contributed by atoms with Crippen LogP contribution in [0, 0.1) is 5.95 Å². The fraction of sp³-hybridized carbons (Fsp3) is 0.429. The van der Waals surface area contributed by atoms with Crippen LogP contribution in [0.1, 0.15) is 29.4 Å². The van der Waals surface area contributed by atoms with Crippen molar-refractivity contribution in [2.24, 2.45) is 0 Å². The van der Waals surface area contributed by atoms with Gasteiger partial charge in [0.05, 0.1) is 5.69 Å². The van der Waals surface area contributed by atoms with E-state index in [1.165, 1.54) is 13.1 Å².